The van der Waals surface area contributed by atoms with Gasteiger partial charge in [0.1, 0.15) is 5.15 Å². The number of hydrogen-bond acceptors (Lipinski definition) is 4. The smallest absolute Gasteiger partial charge is 0.129 e. The van der Waals surface area contributed by atoms with Crippen LogP contribution in [-0.4, -0.2) is 24.7 Å². The number of aromatic nitrogens is 5. The lowest BCUT2D eigenvalue weighted by Gasteiger charge is -2.01. The van der Waals surface area contributed by atoms with Crippen molar-refractivity contribution in [3.05, 3.63) is 66.5 Å². The minimum atomic E-state index is 0.457. The molecule has 4 aromatic rings. The first-order valence-corrected chi connectivity index (χ1v) is 7.05. The Bertz CT molecular complexity index is 949. The lowest BCUT2D eigenvalue weighted by molar-refractivity contribution is 0.878. The van der Waals surface area contributed by atoms with Crippen molar-refractivity contribution in [3.8, 4) is 16.8 Å². The molecule has 5 nitrogen and oxygen atoms in total. The lowest BCUT2D eigenvalue weighted by Crippen LogP contribution is -1.93. The zero-order valence-electron chi connectivity index (χ0n) is 11.4. The maximum absolute atomic E-state index is 5.94. The van der Waals surface area contributed by atoms with Crippen LogP contribution >= 0.6 is 11.6 Å². The van der Waals surface area contributed by atoms with Gasteiger partial charge >= 0.3 is 0 Å². The van der Waals surface area contributed by atoms with Crippen LogP contribution in [0.1, 0.15) is 0 Å². The summed E-state index contributed by atoms with van der Waals surface area (Å²) in [6.45, 7) is 0. The molecule has 4 aromatic heterocycles. The van der Waals surface area contributed by atoms with Gasteiger partial charge in [-0.05, 0) is 30.3 Å². The third kappa shape index (κ3) is 2.31. The van der Waals surface area contributed by atoms with Gasteiger partial charge in [-0.3, -0.25) is 9.97 Å². The van der Waals surface area contributed by atoms with Crippen molar-refractivity contribution in [2.45, 2.75) is 0 Å². The molecule has 0 atom stereocenters. The highest BCUT2D eigenvalue weighted by Gasteiger charge is 2.06. The van der Waals surface area contributed by atoms with Crippen molar-refractivity contribution in [2.24, 2.45) is 0 Å². The Morgan fingerprint density at radius 2 is 1.77 bits per heavy atom. The summed E-state index contributed by atoms with van der Waals surface area (Å²) in [5, 5.41) is 4.83. The maximum Gasteiger partial charge on any atom is 0.129 e. The molecule has 4 heterocycles. The molecule has 0 spiro atoms. The van der Waals surface area contributed by atoms with Gasteiger partial charge in [-0.25, -0.2) is 9.67 Å². The topological polar surface area (TPSA) is 56.5 Å². The highest BCUT2D eigenvalue weighted by atomic mass is 35.5. The van der Waals surface area contributed by atoms with E-state index in [2.05, 4.69) is 20.1 Å². The molecule has 0 aliphatic carbocycles. The van der Waals surface area contributed by atoms with Gasteiger partial charge in [0.2, 0.25) is 0 Å². The Balaban J connectivity index is 1.77. The standard InChI is InChI=1S/C16H10ClN5/c17-16-2-1-14-15(21-16)7-11(8-19-14)12-9-20-22(10-12)13-3-5-18-6-4-13/h1-10H. The minimum absolute atomic E-state index is 0.457. The number of nitrogens with zero attached hydrogens (tertiary/aromatic N) is 5. The predicted octanol–water partition coefficient (Wildman–Crippen LogP) is 3.53. The maximum atomic E-state index is 5.94. The first kappa shape index (κ1) is 12.9. The number of pyridine rings is 3. The van der Waals surface area contributed by atoms with Crippen LogP contribution in [0.3, 0.4) is 0 Å². The quantitative estimate of drug-likeness (QED) is 0.532. The average Bonchev–Trinajstić information content (AvgIpc) is 3.05. The fraction of sp³-hybridized carbons (Fsp3) is 0. The molecule has 0 saturated carbocycles. The summed E-state index contributed by atoms with van der Waals surface area (Å²) < 4.78 is 1.80. The van der Waals surface area contributed by atoms with E-state index in [-0.39, 0.29) is 0 Å². The second kappa shape index (κ2) is 5.20. The highest BCUT2D eigenvalue weighted by molar-refractivity contribution is 6.29. The largest absolute Gasteiger partial charge is 0.265 e. The van der Waals surface area contributed by atoms with Gasteiger partial charge in [-0.2, -0.15) is 5.10 Å². The molecular weight excluding hydrogens is 298 g/mol. The molecule has 0 aliphatic heterocycles. The Kier molecular flexibility index (Phi) is 3.05. The van der Waals surface area contributed by atoms with Crippen LogP contribution < -0.4 is 0 Å². The first-order valence-electron chi connectivity index (χ1n) is 6.67. The second-order valence-corrected chi connectivity index (χ2v) is 5.16. The van der Waals surface area contributed by atoms with Gasteiger partial charge < -0.3 is 0 Å². The van der Waals surface area contributed by atoms with E-state index in [0.29, 0.717) is 5.15 Å². The molecule has 0 amide bonds. The molecule has 0 N–H and O–H groups in total. The van der Waals surface area contributed by atoms with Gasteiger partial charge in [0, 0.05) is 35.9 Å². The summed E-state index contributed by atoms with van der Waals surface area (Å²) in [6.07, 6.45) is 9.03. The summed E-state index contributed by atoms with van der Waals surface area (Å²) >= 11 is 5.94. The first-order chi connectivity index (χ1) is 10.8. The van der Waals surface area contributed by atoms with Crippen LogP contribution in [-0.2, 0) is 0 Å². The summed E-state index contributed by atoms with van der Waals surface area (Å²) in [7, 11) is 0. The number of rotatable bonds is 2. The highest BCUT2D eigenvalue weighted by Crippen LogP contribution is 2.23. The number of fused-ring (bicyclic) bond motifs is 1. The van der Waals surface area contributed by atoms with Crippen molar-refractivity contribution >= 4 is 22.6 Å². The van der Waals surface area contributed by atoms with Gasteiger partial charge in [0.05, 0.1) is 22.9 Å². The normalized spacial score (nSPS) is 11.0. The van der Waals surface area contributed by atoms with Crippen molar-refractivity contribution < 1.29 is 0 Å². The zero-order valence-corrected chi connectivity index (χ0v) is 12.1. The average molecular weight is 308 g/mol. The molecule has 106 valence electrons. The molecule has 0 bridgehead atoms. The zero-order chi connectivity index (χ0) is 14.9. The summed E-state index contributed by atoms with van der Waals surface area (Å²) in [5.74, 6) is 0. The summed E-state index contributed by atoms with van der Waals surface area (Å²) in [5.41, 5.74) is 4.45. The van der Waals surface area contributed by atoms with Gasteiger partial charge in [0.15, 0.2) is 0 Å². The predicted molar refractivity (Wildman–Crippen MR) is 84.9 cm³/mol. The molecule has 0 aromatic carbocycles. The van der Waals surface area contributed by atoms with Gasteiger partial charge in [-0.15, -0.1) is 0 Å². The fourth-order valence-corrected chi connectivity index (χ4v) is 2.40. The lowest BCUT2D eigenvalue weighted by atomic mass is 10.1. The van der Waals surface area contributed by atoms with Crippen LogP contribution in [0.25, 0.3) is 27.8 Å². The van der Waals surface area contributed by atoms with E-state index in [9.17, 15) is 0 Å². The van der Waals surface area contributed by atoms with Crippen LogP contribution in [0.5, 0.6) is 0 Å². The van der Waals surface area contributed by atoms with Crippen LogP contribution in [0.4, 0.5) is 0 Å². The molecule has 6 heteroatoms. The fourth-order valence-electron chi connectivity index (χ4n) is 2.25. The molecule has 0 fully saturated rings. The van der Waals surface area contributed by atoms with Crippen molar-refractivity contribution in [2.75, 3.05) is 0 Å². The minimum Gasteiger partial charge on any atom is -0.265 e. The van der Waals surface area contributed by atoms with Gasteiger partial charge in [-0.1, -0.05) is 11.6 Å². The van der Waals surface area contributed by atoms with E-state index in [1.165, 1.54) is 0 Å². The molecule has 0 aliphatic rings. The summed E-state index contributed by atoms with van der Waals surface area (Å²) in [6, 6.07) is 9.35. The van der Waals surface area contributed by atoms with E-state index in [4.69, 9.17) is 11.6 Å². The number of hydrogen-bond donors (Lipinski definition) is 0. The van der Waals surface area contributed by atoms with E-state index in [1.807, 2.05) is 36.7 Å². The Labute approximate surface area is 131 Å². The van der Waals surface area contributed by atoms with Crippen LogP contribution in [0, 0.1) is 0 Å². The second-order valence-electron chi connectivity index (χ2n) is 4.78. The monoisotopic (exact) mass is 307 g/mol. The molecule has 4 rings (SSSR count). The van der Waals surface area contributed by atoms with E-state index in [1.54, 1.807) is 29.3 Å². The SMILES string of the molecule is Clc1ccc2ncc(-c3cnn(-c4ccncc4)c3)cc2n1. The third-order valence-corrected chi connectivity index (χ3v) is 3.56. The number of halogens is 1. The van der Waals surface area contributed by atoms with E-state index >= 15 is 0 Å². The molecular formula is C16H10ClN5. The summed E-state index contributed by atoms with van der Waals surface area (Å²) in [4.78, 5) is 12.7. The van der Waals surface area contributed by atoms with Crippen molar-refractivity contribution in [1.29, 1.82) is 0 Å². The molecule has 0 unspecified atom stereocenters. The van der Waals surface area contributed by atoms with Crippen molar-refractivity contribution in [1.82, 2.24) is 24.7 Å². The van der Waals surface area contributed by atoms with Crippen molar-refractivity contribution in [3.63, 3.8) is 0 Å². The van der Waals surface area contributed by atoms with Gasteiger partial charge in [0.25, 0.3) is 0 Å². The van der Waals surface area contributed by atoms with Crippen LogP contribution in [0.15, 0.2) is 61.3 Å². The Morgan fingerprint density at radius 3 is 2.64 bits per heavy atom. The third-order valence-electron chi connectivity index (χ3n) is 3.35. The molecule has 0 radical (unpaired) electrons. The van der Waals surface area contributed by atoms with Crippen LogP contribution in [0.2, 0.25) is 5.15 Å². The Morgan fingerprint density at radius 1 is 0.909 bits per heavy atom. The Hall–Kier alpha value is -2.79. The molecule has 22 heavy (non-hydrogen) atoms. The molecule has 0 saturated heterocycles. The van der Waals surface area contributed by atoms with E-state index < -0.39 is 0 Å². The van der Waals surface area contributed by atoms with E-state index in [0.717, 1.165) is 27.8 Å².